The van der Waals surface area contributed by atoms with Gasteiger partial charge in [0.2, 0.25) is 0 Å². The fourth-order valence-electron chi connectivity index (χ4n) is 2.94. The maximum Gasteiger partial charge on any atom is 0.130 e. The first-order valence-electron chi connectivity index (χ1n) is 8.88. The zero-order valence-corrected chi connectivity index (χ0v) is 15.8. The molecule has 5 nitrogen and oxygen atoms in total. The summed E-state index contributed by atoms with van der Waals surface area (Å²) in [6, 6.07) is 14.6. The number of nitrogens with zero attached hydrogens (tertiary/aromatic N) is 3. The van der Waals surface area contributed by atoms with E-state index in [1.54, 1.807) is 11.3 Å². The van der Waals surface area contributed by atoms with Gasteiger partial charge in [-0.15, -0.1) is 11.3 Å². The quantitative estimate of drug-likeness (QED) is 0.484. The van der Waals surface area contributed by atoms with Crippen molar-refractivity contribution in [2.75, 3.05) is 18.5 Å². The number of hydrogen-bond donors (Lipinski definition) is 2. The van der Waals surface area contributed by atoms with Crippen LogP contribution in [0.2, 0.25) is 0 Å². The van der Waals surface area contributed by atoms with Gasteiger partial charge in [0.05, 0.1) is 5.69 Å². The van der Waals surface area contributed by atoms with Crippen LogP contribution in [-0.2, 0) is 0 Å². The molecule has 0 aliphatic carbocycles. The summed E-state index contributed by atoms with van der Waals surface area (Å²) in [4.78, 5) is 14.6. The Kier molecular flexibility index (Phi) is 5.09. The molecule has 3 aromatic heterocycles. The van der Waals surface area contributed by atoms with Crippen molar-refractivity contribution in [3.8, 4) is 21.7 Å². The summed E-state index contributed by atoms with van der Waals surface area (Å²) in [5, 5.41) is 13.4. The second kappa shape index (κ2) is 7.82. The van der Waals surface area contributed by atoms with Gasteiger partial charge in [-0.25, -0.2) is 9.97 Å². The molecular formula is C21H20N4OS. The van der Waals surface area contributed by atoms with E-state index < -0.39 is 0 Å². The molecule has 4 aromatic rings. The molecule has 0 saturated carbocycles. The number of rotatable bonds is 6. The molecule has 0 unspecified atom stereocenters. The van der Waals surface area contributed by atoms with Crippen LogP contribution < -0.4 is 5.32 Å². The number of nitrogens with one attached hydrogen (secondary N) is 1. The molecule has 136 valence electrons. The van der Waals surface area contributed by atoms with E-state index in [0.717, 1.165) is 22.6 Å². The van der Waals surface area contributed by atoms with Gasteiger partial charge in [-0.2, -0.15) is 0 Å². The summed E-state index contributed by atoms with van der Waals surface area (Å²) in [6.07, 6.45) is 4.40. The van der Waals surface area contributed by atoms with Gasteiger partial charge in [-0.1, -0.05) is 18.2 Å². The van der Waals surface area contributed by atoms with Gasteiger partial charge in [0.15, 0.2) is 0 Å². The topological polar surface area (TPSA) is 70.9 Å². The van der Waals surface area contributed by atoms with Crippen LogP contribution in [0.5, 0.6) is 0 Å². The van der Waals surface area contributed by atoms with E-state index in [1.807, 2.05) is 25.4 Å². The summed E-state index contributed by atoms with van der Waals surface area (Å²) < 4.78 is 1.27. The summed E-state index contributed by atoms with van der Waals surface area (Å²) in [5.74, 6) is 1.46. The summed E-state index contributed by atoms with van der Waals surface area (Å²) in [7, 11) is 0. The van der Waals surface area contributed by atoms with E-state index in [-0.39, 0.29) is 6.61 Å². The van der Waals surface area contributed by atoms with Gasteiger partial charge >= 0.3 is 0 Å². The van der Waals surface area contributed by atoms with Gasteiger partial charge in [0, 0.05) is 52.3 Å². The number of hydrogen-bond acceptors (Lipinski definition) is 6. The SMILES string of the molecule is Cc1nc(NCCCO)cc(-c2cncc(-c3cc4ccccc4s3)c2)n1. The molecule has 4 rings (SSSR count). The lowest BCUT2D eigenvalue weighted by Crippen LogP contribution is -2.06. The lowest BCUT2D eigenvalue weighted by molar-refractivity contribution is 0.292. The monoisotopic (exact) mass is 376 g/mol. The molecule has 2 N–H and O–H groups in total. The van der Waals surface area contributed by atoms with Gasteiger partial charge in [0.25, 0.3) is 0 Å². The minimum atomic E-state index is 0.158. The average Bonchev–Trinajstić information content (AvgIpc) is 3.12. The van der Waals surface area contributed by atoms with Crippen LogP contribution in [0.3, 0.4) is 0 Å². The number of aliphatic hydroxyl groups is 1. The van der Waals surface area contributed by atoms with Crippen LogP contribution in [0.25, 0.3) is 31.8 Å². The highest BCUT2D eigenvalue weighted by atomic mass is 32.1. The fourth-order valence-corrected chi connectivity index (χ4v) is 3.98. The molecule has 0 atom stereocenters. The lowest BCUT2D eigenvalue weighted by Gasteiger charge is -2.09. The third kappa shape index (κ3) is 3.97. The Balaban J connectivity index is 1.68. The second-order valence-corrected chi connectivity index (χ2v) is 7.38. The van der Waals surface area contributed by atoms with Crippen molar-refractivity contribution >= 4 is 27.2 Å². The number of pyridine rings is 1. The molecule has 6 heteroatoms. The Hall–Kier alpha value is -2.83. The fraction of sp³-hybridized carbons (Fsp3) is 0.190. The number of aliphatic hydroxyl groups excluding tert-OH is 1. The van der Waals surface area contributed by atoms with Crippen molar-refractivity contribution < 1.29 is 5.11 Å². The van der Waals surface area contributed by atoms with E-state index in [0.29, 0.717) is 18.8 Å². The smallest absolute Gasteiger partial charge is 0.130 e. The number of aryl methyl sites for hydroxylation is 1. The van der Waals surface area contributed by atoms with Crippen molar-refractivity contribution in [2.45, 2.75) is 13.3 Å². The molecular weight excluding hydrogens is 356 g/mol. The zero-order valence-electron chi connectivity index (χ0n) is 15.0. The Labute approximate surface area is 161 Å². The van der Waals surface area contributed by atoms with Gasteiger partial charge in [-0.3, -0.25) is 4.98 Å². The van der Waals surface area contributed by atoms with Crippen molar-refractivity contribution in [1.29, 1.82) is 0 Å². The minimum absolute atomic E-state index is 0.158. The molecule has 27 heavy (non-hydrogen) atoms. The molecule has 0 radical (unpaired) electrons. The number of anilines is 1. The predicted molar refractivity (Wildman–Crippen MR) is 111 cm³/mol. The summed E-state index contributed by atoms with van der Waals surface area (Å²) in [6.45, 7) is 2.71. The van der Waals surface area contributed by atoms with E-state index in [2.05, 4.69) is 56.7 Å². The minimum Gasteiger partial charge on any atom is -0.396 e. The van der Waals surface area contributed by atoms with Crippen LogP contribution in [0.4, 0.5) is 5.82 Å². The molecule has 0 aliphatic heterocycles. The normalized spacial score (nSPS) is 11.0. The number of aromatic nitrogens is 3. The van der Waals surface area contributed by atoms with E-state index in [1.165, 1.54) is 15.0 Å². The molecule has 1 aromatic carbocycles. The largest absolute Gasteiger partial charge is 0.396 e. The summed E-state index contributed by atoms with van der Waals surface area (Å²) >= 11 is 1.77. The predicted octanol–water partition coefficient (Wildman–Crippen LogP) is 4.52. The van der Waals surface area contributed by atoms with Gasteiger partial charge in [0.1, 0.15) is 11.6 Å². The van der Waals surface area contributed by atoms with Crippen molar-refractivity contribution in [1.82, 2.24) is 15.0 Å². The Morgan fingerprint density at radius 2 is 1.89 bits per heavy atom. The number of benzene rings is 1. The van der Waals surface area contributed by atoms with Gasteiger partial charge in [-0.05, 0) is 36.9 Å². The number of fused-ring (bicyclic) bond motifs is 1. The standard InChI is InChI=1S/C21H20N4OS/c1-14-24-18(11-21(25-14)23-7-4-8-26)16-9-17(13-22-12-16)20-10-15-5-2-3-6-19(15)27-20/h2-3,5-6,9-13,26H,4,7-8H2,1H3,(H,23,24,25). The molecule has 0 amide bonds. The third-order valence-electron chi connectivity index (χ3n) is 4.22. The number of thiophene rings is 1. The zero-order chi connectivity index (χ0) is 18.6. The first-order valence-corrected chi connectivity index (χ1v) is 9.69. The first kappa shape index (κ1) is 17.6. The molecule has 0 aliphatic rings. The van der Waals surface area contributed by atoms with Crippen LogP contribution in [0.1, 0.15) is 12.2 Å². The highest BCUT2D eigenvalue weighted by Crippen LogP contribution is 2.34. The van der Waals surface area contributed by atoms with Crippen molar-refractivity contribution in [2.24, 2.45) is 0 Å². The maximum atomic E-state index is 8.94. The van der Waals surface area contributed by atoms with Gasteiger partial charge < -0.3 is 10.4 Å². The van der Waals surface area contributed by atoms with Crippen molar-refractivity contribution in [3.63, 3.8) is 0 Å². The average molecular weight is 376 g/mol. The van der Waals surface area contributed by atoms with Crippen LogP contribution in [0.15, 0.2) is 54.9 Å². The van der Waals surface area contributed by atoms with E-state index in [4.69, 9.17) is 5.11 Å². The van der Waals surface area contributed by atoms with Crippen LogP contribution >= 0.6 is 11.3 Å². The van der Waals surface area contributed by atoms with Crippen LogP contribution in [0, 0.1) is 6.92 Å². The molecule has 0 saturated heterocycles. The lowest BCUT2D eigenvalue weighted by atomic mass is 10.1. The highest BCUT2D eigenvalue weighted by Gasteiger charge is 2.09. The van der Waals surface area contributed by atoms with E-state index in [9.17, 15) is 0 Å². The van der Waals surface area contributed by atoms with Crippen molar-refractivity contribution in [3.05, 3.63) is 60.7 Å². The Morgan fingerprint density at radius 1 is 1.04 bits per heavy atom. The Bertz CT molecular complexity index is 1040. The maximum absolute atomic E-state index is 8.94. The van der Waals surface area contributed by atoms with E-state index >= 15 is 0 Å². The highest BCUT2D eigenvalue weighted by molar-refractivity contribution is 7.22. The summed E-state index contributed by atoms with van der Waals surface area (Å²) in [5.41, 5.74) is 2.88. The molecule has 3 heterocycles. The Morgan fingerprint density at radius 3 is 2.74 bits per heavy atom. The molecule has 0 spiro atoms. The molecule has 0 bridgehead atoms. The van der Waals surface area contributed by atoms with Crippen LogP contribution in [-0.4, -0.2) is 33.2 Å². The third-order valence-corrected chi connectivity index (χ3v) is 5.39. The first-order chi connectivity index (χ1) is 13.2. The molecule has 0 fully saturated rings. The second-order valence-electron chi connectivity index (χ2n) is 6.30.